The van der Waals surface area contributed by atoms with Crippen molar-refractivity contribution < 1.29 is 19.4 Å². The lowest BCUT2D eigenvalue weighted by atomic mass is 9.97. The van der Waals surface area contributed by atoms with Crippen LogP contribution in [0, 0.1) is 5.92 Å². The highest BCUT2D eigenvalue weighted by Gasteiger charge is 2.31. The van der Waals surface area contributed by atoms with Crippen LogP contribution in [0.2, 0.25) is 0 Å². The third kappa shape index (κ3) is 6.68. The zero-order valence-corrected chi connectivity index (χ0v) is 22.0. The summed E-state index contributed by atoms with van der Waals surface area (Å²) in [5.41, 5.74) is 1.01. The molecule has 0 unspecified atom stereocenters. The second-order valence-corrected chi connectivity index (χ2v) is 10.4. The van der Waals surface area contributed by atoms with E-state index in [-0.39, 0.29) is 23.5 Å². The van der Waals surface area contributed by atoms with Crippen molar-refractivity contribution in [1.29, 1.82) is 0 Å². The molecule has 0 aromatic heterocycles. The second-order valence-electron chi connectivity index (χ2n) is 8.69. The zero-order valence-electron chi connectivity index (χ0n) is 18.9. The van der Waals surface area contributed by atoms with Crippen LogP contribution >= 0.6 is 31.9 Å². The number of ether oxygens (including phenoxy) is 1. The predicted molar refractivity (Wildman–Crippen MR) is 131 cm³/mol. The number of hydrogen-bond donors (Lipinski definition) is 1. The molecule has 2 aliphatic rings. The Morgan fingerprint density at radius 3 is 2.25 bits per heavy atom. The fourth-order valence-electron chi connectivity index (χ4n) is 4.62. The third-order valence-corrected chi connectivity index (χ3v) is 7.61. The van der Waals surface area contributed by atoms with Gasteiger partial charge in [0.1, 0.15) is 5.75 Å². The van der Waals surface area contributed by atoms with Gasteiger partial charge in [-0.2, -0.15) is 0 Å². The Hall–Kier alpha value is -1.16. The summed E-state index contributed by atoms with van der Waals surface area (Å²) in [5, 5.41) is 9.89. The van der Waals surface area contributed by atoms with Crippen LogP contribution in [0.15, 0.2) is 21.1 Å². The summed E-state index contributed by atoms with van der Waals surface area (Å²) in [4.78, 5) is 31.4. The first-order valence-electron chi connectivity index (χ1n) is 11.4. The molecule has 1 atom stereocenters. The largest absolute Gasteiger partial charge is 0.506 e. The monoisotopic (exact) mass is 573 g/mol. The minimum Gasteiger partial charge on any atom is -0.506 e. The maximum absolute atomic E-state index is 13.0. The minimum absolute atomic E-state index is 0.110. The van der Waals surface area contributed by atoms with Crippen molar-refractivity contribution in [3.05, 3.63) is 26.6 Å². The molecule has 3 rings (SSSR count). The average molecular weight is 575 g/mol. The number of phenols is 1. The normalized spacial score (nSPS) is 19.7. The van der Waals surface area contributed by atoms with Gasteiger partial charge in [0.2, 0.25) is 5.91 Å². The van der Waals surface area contributed by atoms with Gasteiger partial charge in [0, 0.05) is 51.2 Å². The highest BCUT2D eigenvalue weighted by atomic mass is 79.9. The van der Waals surface area contributed by atoms with E-state index in [2.05, 4.69) is 41.7 Å². The quantitative estimate of drug-likeness (QED) is 0.504. The molecule has 0 aliphatic carbocycles. The molecule has 0 radical (unpaired) electrons. The molecule has 0 saturated carbocycles. The molecule has 9 heteroatoms. The Bertz CT molecular complexity index is 783. The number of halogens is 2. The summed E-state index contributed by atoms with van der Waals surface area (Å²) in [5.74, 6) is 0.120. The minimum atomic E-state index is -0.145. The SMILES string of the molecule is CCOC(=O)CN1CCN(C2CCN(C(=O)[C@H](C)Cc3cc(Br)c(O)c(Br)c3)CC2)CC1. The van der Waals surface area contributed by atoms with Crippen LogP contribution < -0.4 is 0 Å². The average Bonchev–Trinajstić information content (AvgIpc) is 2.77. The first kappa shape index (κ1) is 25.5. The van der Waals surface area contributed by atoms with E-state index in [0.717, 1.165) is 57.7 Å². The van der Waals surface area contributed by atoms with E-state index in [1.807, 2.05) is 30.9 Å². The van der Waals surface area contributed by atoms with Crippen molar-refractivity contribution in [3.8, 4) is 5.75 Å². The first-order chi connectivity index (χ1) is 15.3. The van der Waals surface area contributed by atoms with Gasteiger partial charge in [-0.3, -0.25) is 19.4 Å². The van der Waals surface area contributed by atoms with Crippen LogP contribution in [-0.2, 0) is 20.7 Å². The van der Waals surface area contributed by atoms with E-state index in [4.69, 9.17) is 4.74 Å². The Labute approximate surface area is 207 Å². The molecule has 1 aromatic rings. The maximum Gasteiger partial charge on any atom is 0.320 e. The molecule has 7 nitrogen and oxygen atoms in total. The van der Waals surface area contributed by atoms with E-state index in [1.54, 1.807) is 0 Å². The molecule has 1 amide bonds. The van der Waals surface area contributed by atoms with Crippen LogP contribution in [0.1, 0.15) is 32.3 Å². The maximum atomic E-state index is 13.0. The van der Waals surface area contributed by atoms with Gasteiger partial charge in [0.05, 0.1) is 22.1 Å². The van der Waals surface area contributed by atoms with Crippen LogP contribution in [0.4, 0.5) is 0 Å². The lowest BCUT2D eigenvalue weighted by Gasteiger charge is -2.43. The Kier molecular flexibility index (Phi) is 9.40. The zero-order chi connectivity index (χ0) is 23.3. The Morgan fingerprint density at radius 1 is 1.09 bits per heavy atom. The number of nitrogens with zero attached hydrogens (tertiary/aromatic N) is 3. The number of amides is 1. The molecule has 0 bridgehead atoms. The fraction of sp³-hybridized carbons (Fsp3) is 0.652. The molecule has 32 heavy (non-hydrogen) atoms. The standard InChI is InChI=1S/C23H33Br2N3O4/c1-3-32-21(29)15-26-8-10-27(11-9-26)18-4-6-28(7-5-18)23(31)16(2)12-17-13-19(24)22(30)20(25)14-17/h13-14,16,18,30H,3-12,15H2,1-2H3/t16-/m1/s1. The smallest absolute Gasteiger partial charge is 0.320 e. The van der Waals surface area contributed by atoms with E-state index >= 15 is 0 Å². The number of phenolic OH excluding ortho intramolecular Hbond substituents is 1. The van der Waals surface area contributed by atoms with Gasteiger partial charge in [-0.05, 0) is 75.7 Å². The fourth-order valence-corrected chi connectivity index (χ4v) is 5.90. The van der Waals surface area contributed by atoms with Crippen molar-refractivity contribution in [1.82, 2.24) is 14.7 Å². The van der Waals surface area contributed by atoms with Crippen LogP contribution in [0.5, 0.6) is 5.75 Å². The predicted octanol–water partition coefficient (Wildman–Crippen LogP) is 3.27. The van der Waals surface area contributed by atoms with Crippen LogP contribution in [-0.4, -0.2) is 90.1 Å². The number of piperidine rings is 1. The molecule has 2 heterocycles. The van der Waals surface area contributed by atoms with Gasteiger partial charge in [-0.25, -0.2) is 0 Å². The van der Waals surface area contributed by atoms with Gasteiger partial charge in [0.25, 0.3) is 0 Å². The molecular formula is C23H33Br2N3O4. The van der Waals surface area contributed by atoms with Crippen molar-refractivity contribution in [3.63, 3.8) is 0 Å². The van der Waals surface area contributed by atoms with Crippen molar-refractivity contribution >= 4 is 43.7 Å². The molecule has 1 N–H and O–H groups in total. The summed E-state index contributed by atoms with van der Waals surface area (Å²) in [6, 6.07) is 4.25. The highest BCUT2D eigenvalue weighted by molar-refractivity contribution is 9.11. The van der Waals surface area contributed by atoms with Crippen molar-refractivity contribution in [2.75, 3.05) is 52.4 Å². The number of carbonyl (C=O) groups is 2. The van der Waals surface area contributed by atoms with Crippen LogP contribution in [0.3, 0.4) is 0 Å². The number of esters is 1. The third-order valence-electron chi connectivity index (χ3n) is 6.40. The number of hydrogen-bond acceptors (Lipinski definition) is 6. The molecular weight excluding hydrogens is 542 g/mol. The number of benzene rings is 1. The summed E-state index contributed by atoms with van der Waals surface area (Å²) < 4.78 is 6.31. The Morgan fingerprint density at radius 2 is 1.69 bits per heavy atom. The van der Waals surface area contributed by atoms with Gasteiger partial charge >= 0.3 is 5.97 Å². The van der Waals surface area contributed by atoms with E-state index in [9.17, 15) is 14.7 Å². The molecule has 1 aromatic carbocycles. The highest BCUT2D eigenvalue weighted by Crippen LogP contribution is 2.34. The molecule has 2 fully saturated rings. The number of carbonyl (C=O) groups excluding carboxylic acids is 2. The van der Waals surface area contributed by atoms with Crippen LogP contribution in [0.25, 0.3) is 0 Å². The number of likely N-dealkylation sites (tertiary alicyclic amines) is 1. The summed E-state index contributed by atoms with van der Waals surface area (Å²) in [6.45, 7) is 9.88. The number of aromatic hydroxyl groups is 1. The summed E-state index contributed by atoms with van der Waals surface area (Å²) >= 11 is 6.72. The van der Waals surface area contributed by atoms with Crippen molar-refractivity contribution in [2.24, 2.45) is 5.92 Å². The van der Waals surface area contributed by atoms with Crippen molar-refractivity contribution in [2.45, 2.75) is 39.2 Å². The lowest BCUT2D eigenvalue weighted by molar-refractivity contribution is -0.144. The second kappa shape index (κ2) is 11.8. The summed E-state index contributed by atoms with van der Waals surface area (Å²) in [7, 11) is 0. The van der Waals surface area contributed by atoms with E-state index < -0.39 is 0 Å². The van der Waals surface area contributed by atoms with E-state index in [0.29, 0.717) is 34.6 Å². The Balaban J connectivity index is 1.43. The number of piperazine rings is 1. The van der Waals surface area contributed by atoms with Gasteiger partial charge in [-0.15, -0.1) is 0 Å². The first-order valence-corrected chi connectivity index (χ1v) is 12.9. The lowest BCUT2D eigenvalue weighted by Crippen LogP contribution is -2.54. The summed E-state index contributed by atoms with van der Waals surface area (Å²) in [6.07, 6.45) is 2.62. The topological polar surface area (TPSA) is 73.3 Å². The van der Waals surface area contributed by atoms with Gasteiger partial charge in [0.15, 0.2) is 0 Å². The molecule has 2 saturated heterocycles. The van der Waals surface area contributed by atoms with Gasteiger partial charge < -0.3 is 14.7 Å². The molecule has 178 valence electrons. The molecule has 0 spiro atoms. The number of rotatable bonds is 7. The molecule has 2 aliphatic heterocycles. The van der Waals surface area contributed by atoms with E-state index in [1.165, 1.54) is 0 Å². The van der Waals surface area contributed by atoms with Gasteiger partial charge in [-0.1, -0.05) is 6.92 Å².